The van der Waals surface area contributed by atoms with Gasteiger partial charge in [-0.1, -0.05) is 73.5 Å². The van der Waals surface area contributed by atoms with Gasteiger partial charge < -0.3 is 4.74 Å². The van der Waals surface area contributed by atoms with Gasteiger partial charge in [0.1, 0.15) is 6.10 Å². The first-order valence-electron chi connectivity index (χ1n) is 9.67. The lowest BCUT2D eigenvalue weighted by Crippen LogP contribution is -2.38. The lowest BCUT2D eigenvalue weighted by Gasteiger charge is -2.37. The lowest BCUT2D eigenvalue weighted by atomic mass is 9.81. The standard InChI is InChI=1S/C23H30O3/c1-18(19-12-6-4-7-13-19)25-26-23(2,3)24-22-17-11-10-16-21(22)20-14-8-5-9-15-20/h4-9,12-15,18,21-22H,10-11,16-17H2,1-3H3/t18?,21-,22+/m0/s1. The van der Waals surface area contributed by atoms with Crippen molar-refractivity contribution in [1.29, 1.82) is 0 Å². The van der Waals surface area contributed by atoms with Gasteiger partial charge in [0.2, 0.25) is 0 Å². The van der Waals surface area contributed by atoms with Crippen LogP contribution in [0.4, 0.5) is 0 Å². The summed E-state index contributed by atoms with van der Waals surface area (Å²) in [7, 11) is 0. The fourth-order valence-corrected chi connectivity index (χ4v) is 3.67. The Kier molecular flexibility index (Phi) is 6.47. The molecule has 2 aromatic rings. The molecule has 0 bridgehead atoms. The molecule has 0 radical (unpaired) electrons. The first-order valence-corrected chi connectivity index (χ1v) is 9.67. The third kappa shape index (κ3) is 5.16. The summed E-state index contributed by atoms with van der Waals surface area (Å²) in [5, 5.41) is 0. The van der Waals surface area contributed by atoms with Crippen LogP contribution >= 0.6 is 0 Å². The van der Waals surface area contributed by atoms with Crippen molar-refractivity contribution in [1.82, 2.24) is 0 Å². The molecule has 3 heteroatoms. The summed E-state index contributed by atoms with van der Waals surface area (Å²) in [6, 6.07) is 20.8. The Labute approximate surface area is 157 Å². The largest absolute Gasteiger partial charge is 0.344 e. The van der Waals surface area contributed by atoms with E-state index in [9.17, 15) is 0 Å². The minimum absolute atomic E-state index is 0.143. The summed E-state index contributed by atoms with van der Waals surface area (Å²) in [5.41, 5.74) is 2.44. The minimum atomic E-state index is -0.794. The van der Waals surface area contributed by atoms with Gasteiger partial charge in [0.25, 0.3) is 0 Å². The molecule has 1 unspecified atom stereocenters. The molecule has 140 valence electrons. The summed E-state index contributed by atoms with van der Waals surface area (Å²) < 4.78 is 6.38. The zero-order valence-electron chi connectivity index (χ0n) is 16.1. The fourth-order valence-electron chi connectivity index (χ4n) is 3.67. The van der Waals surface area contributed by atoms with Crippen LogP contribution in [0.15, 0.2) is 60.7 Å². The van der Waals surface area contributed by atoms with E-state index in [4.69, 9.17) is 14.5 Å². The van der Waals surface area contributed by atoms with E-state index in [0.29, 0.717) is 5.92 Å². The maximum atomic E-state index is 6.38. The summed E-state index contributed by atoms with van der Waals surface area (Å²) >= 11 is 0. The van der Waals surface area contributed by atoms with Crippen molar-refractivity contribution >= 4 is 0 Å². The van der Waals surface area contributed by atoms with Gasteiger partial charge in [-0.2, -0.15) is 0 Å². The van der Waals surface area contributed by atoms with Crippen molar-refractivity contribution in [2.75, 3.05) is 0 Å². The van der Waals surface area contributed by atoms with E-state index in [0.717, 1.165) is 18.4 Å². The molecule has 0 saturated heterocycles. The third-order valence-corrected chi connectivity index (χ3v) is 5.03. The number of ether oxygens (including phenoxy) is 1. The van der Waals surface area contributed by atoms with E-state index in [1.54, 1.807) is 0 Å². The van der Waals surface area contributed by atoms with Gasteiger partial charge in [-0.25, -0.2) is 9.78 Å². The molecule has 3 atom stereocenters. The maximum Gasteiger partial charge on any atom is 0.196 e. The fraction of sp³-hybridized carbons (Fsp3) is 0.478. The van der Waals surface area contributed by atoms with Gasteiger partial charge in [0.05, 0.1) is 6.10 Å². The van der Waals surface area contributed by atoms with Crippen molar-refractivity contribution in [3.05, 3.63) is 71.8 Å². The monoisotopic (exact) mass is 354 g/mol. The number of hydrogen-bond donors (Lipinski definition) is 0. The Balaban J connectivity index is 1.60. The molecule has 1 aliphatic rings. The van der Waals surface area contributed by atoms with Crippen LogP contribution in [0, 0.1) is 0 Å². The van der Waals surface area contributed by atoms with Gasteiger partial charge in [0, 0.05) is 5.92 Å². The average Bonchev–Trinajstić information content (AvgIpc) is 2.68. The summed E-state index contributed by atoms with van der Waals surface area (Å²) in [4.78, 5) is 11.4. The van der Waals surface area contributed by atoms with E-state index in [-0.39, 0.29) is 12.2 Å². The van der Waals surface area contributed by atoms with Gasteiger partial charge in [0.15, 0.2) is 5.79 Å². The Morgan fingerprint density at radius 1 is 0.885 bits per heavy atom. The Bertz CT molecular complexity index is 654. The summed E-state index contributed by atoms with van der Waals surface area (Å²) in [6.45, 7) is 5.85. The zero-order chi connectivity index (χ0) is 18.4. The van der Waals surface area contributed by atoms with Crippen molar-refractivity contribution in [2.45, 2.75) is 70.4 Å². The Morgan fingerprint density at radius 3 is 2.19 bits per heavy atom. The first kappa shape index (κ1) is 19.1. The van der Waals surface area contributed by atoms with Crippen LogP contribution in [-0.2, 0) is 14.5 Å². The van der Waals surface area contributed by atoms with Crippen LogP contribution in [0.3, 0.4) is 0 Å². The van der Waals surface area contributed by atoms with Crippen molar-refractivity contribution < 1.29 is 14.5 Å². The average molecular weight is 354 g/mol. The molecule has 1 saturated carbocycles. The van der Waals surface area contributed by atoms with E-state index in [1.807, 2.05) is 51.1 Å². The minimum Gasteiger partial charge on any atom is -0.344 e. The highest BCUT2D eigenvalue weighted by Gasteiger charge is 2.34. The van der Waals surface area contributed by atoms with Crippen LogP contribution < -0.4 is 0 Å². The highest BCUT2D eigenvalue weighted by molar-refractivity contribution is 5.21. The quantitative estimate of drug-likeness (QED) is 0.338. The van der Waals surface area contributed by atoms with Gasteiger partial charge in [-0.15, -0.1) is 0 Å². The van der Waals surface area contributed by atoms with Gasteiger partial charge in [-0.3, -0.25) is 0 Å². The van der Waals surface area contributed by atoms with Crippen molar-refractivity contribution in [2.24, 2.45) is 0 Å². The molecule has 3 rings (SSSR count). The molecule has 1 fully saturated rings. The second-order valence-corrected chi connectivity index (χ2v) is 7.59. The molecule has 0 N–H and O–H groups in total. The highest BCUT2D eigenvalue weighted by atomic mass is 17.2. The van der Waals surface area contributed by atoms with E-state index < -0.39 is 5.79 Å². The SMILES string of the molecule is CC(OOC(C)(C)O[C@@H]1CCCC[C@H]1c1ccccc1)c1ccccc1. The number of benzene rings is 2. The number of rotatable bonds is 7. The van der Waals surface area contributed by atoms with Crippen LogP contribution in [0.1, 0.15) is 69.6 Å². The molecule has 0 amide bonds. The van der Waals surface area contributed by atoms with Crippen LogP contribution in [0.2, 0.25) is 0 Å². The highest BCUT2D eigenvalue weighted by Crippen LogP contribution is 2.37. The van der Waals surface area contributed by atoms with Crippen molar-refractivity contribution in [3.8, 4) is 0 Å². The molecule has 0 spiro atoms. The second kappa shape index (κ2) is 8.81. The topological polar surface area (TPSA) is 27.7 Å². The zero-order valence-corrected chi connectivity index (χ0v) is 16.1. The molecular weight excluding hydrogens is 324 g/mol. The van der Waals surface area contributed by atoms with E-state index in [2.05, 4.69) is 30.3 Å². The lowest BCUT2D eigenvalue weighted by molar-refractivity contribution is -0.442. The van der Waals surface area contributed by atoms with Crippen molar-refractivity contribution in [3.63, 3.8) is 0 Å². The molecular formula is C23H30O3. The smallest absolute Gasteiger partial charge is 0.196 e. The third-order valence-electron chi connectivity index (χ3n) is 5.03. The van der Waals surface area contributed by atoms with Crippen LogP contribution in [-0.4, -0.2) is 11.9 Å². The Morgan fingerprint density at radius 2 is 1.50 bits per heavy atom. The van der Waals surface area contributed by atoms with E-state index in [1.165, 1.54) is 18.4 Å². The summed E-state index contributed by atoms with van der Waals surface area (Å²) in [6.07, 6.45) is 4.67. The molecule has 2 aromatic carbocycles. The van der Waals surface area contributed by atoms with Crippen LogP contribution in [0.25, 0.3) is 0 Å². The normalized spacial score (nSPS) is 22.1. The predicted molar refractivity (Wildman–Crippen MR) is 104 cm³/mol. The molecule has 1 aliphatic carbocycles. The second-order valence-electron chi connectivity index (χ2n) is 7.59. The predicted octanol–water partition coefficient (Wildman–Crippen LogP) is 6.17. The molecule has 0 aromatic heterocycles. The van der Waals surface area contributed by atoms with E-state index >= 15 is 0 Å². The molecule has 26 heavy (non-hydrogen) atoms. The summed E-state index contributed by atoms with van der Waals surface area (Å²) in [5.74, 6) is -0.377. The van der Waals surface area contributed by atoms with Gasteiger partial charge >= 0.3 is 0 Å². The Hall–Kier alpha value is -1.68. The molecule has 0 aliphatic heterocycles. The number of hydrogen-bond acceptors (Lipinski definition) is 3. The molecule has 3 nitrogen and oxygen atoms in total. The first-order chi connectivity index (χ1) is 12.6. The molecule has 0 heterocycles. The van der Waals surface area contributed by atoms with Gasteiger partial charge in [-0.05, 0) is 44.7 Å². The van der Waals surface area contributed by atoms with Crippen LogP contribution in [0.5, 0.6) is 0 Å². The maximum absolute atomic E-state index is 6.38.